The average molecular weight is 325 g/mol. The lowest BCUT2D eigenvalue weighted by molar-refractivity contribution is -0.154. The quantitative estimate of drug-likeness (QED) is 0.450. The number of carbonyl (C=O) groups excluding carboxylic acids is 1. The molecular formula is C21H27NO2. The third kappa shape index (κ3) is 4.85. The van der Waals surface area contributed by atoms with Crippen LogP contribution in [0.15, 0.2) is 48.5 Å². The van der Waals surface area contributed by atoms with E-state index in [1.807, 2.05) is 38.1 Å². The predicted octanol–water partition coefficient (Wildman–Crippen LogP) is 4.85. The third-order valence-electron chi connectivity index (χ3n) is 4.10. The number of hydrogen-bond donors (Lipinski definition) is 1. The normalized spacial score (nSPS) is 11.3. The number of hydrogen-bond acceptors (Lipinski definition) is 3. The van der Waals surface area contributed by atoms with Crippen molar-refractivity contribution in [3.05, 3.63) is 54.1 Å². The van der Waals surface area contributed by atoms with E-state index in [0.717, 1.165) is 35.2 Å². The molecule has 0 saturated carbocycles. The Kier molecular flexibility index (Phi) is 6.02. The number of nitrogen functional groups attached to an aromatic ring is 1. The van der Waals surface area contributed by atoms with Gasteiger partial charge in [-0.15, -0.1) is 0 Å². The van der Waals surface area contributed by atoms with Crippen LogP contribution in [0.25, 0.3) is 11.1 Å². The van der Waals surface area contributed by atoms with Crippen molar-refractivity contribution in [3.8, 4) is 11.1 Å². The minimum Gasteiger partial charge on any atom is -0.465 e. The van der Waals surface area contributed by atoms with Gasteiger partial charge in [-0.3, -0.25) is 4.79 Å². The molecule has 24 heavy (non-hydrogen) atoms. The summed E-state index contributed by atoms with van der Waals surface area (Å²) < 4.78 is 5.37. The smallest absolute Gasteiger partial charge is 0.311 e. The summed E-state index contributed by atoms with van der Waals surface area (Å²) in [5, 5.41) is 0. The van der Waals surface area contributed by atoms with Crippen molar-refractivity contribution in [2.24, 2.45) is 5.41 Å². The second-order valence-corrected chi connectivity index (χ2v) is 6.87. The molecule has 2 N–H and O–H groups in total. The highest BCUT2D eigenvalue weighted by atomic mass is 16.5. The molecule has 0 amide bonds. The Balaban J connectivity index is 2.04. The fourth-order valence-corrected chi connectivity index (χ4v) is 2.62. The van der Waals surface area contributed by atoms with Crippen molar-refractivity contribution in [3.63, 3.8) is 0 Å². The maximum Gasteiger partial charge on any atom is 0.311 e. The predicted molar refractivity (Wildman–Crippen MR) is 99.6 cm³/mol. The summed E-state index contributed by atoms with van der Waals surface area (Å²) in [6.45, 7) is 6.47. The molecule has 3 nitrogen and oxygen atoms in total. The van der Waals surface area contributed by atoms with Gasteiger partial charge in [0.2, 0.25) is 0 Å². The summed E-state index contributed by atoms with van der Waals surface area (Å²) in [5.74, 6) is -0.129. The molecule has 0 bridgehead atoms. The summed E-state index contributed by atoms with van der Waals surface area (Å²) >= 11 is 0. The SMILES string of the molecule is CCCCOC(=O)C(C)(C)Cc1ccc(-c2cccc(N)c2)cc1. The molecule has 0 aliphatic carbocycles. The van der Waals surface area contributed by atoms with Crippen LogP contribution in [0, 0.1) is 5.41 Å². The van der Waals surface area contributed by atoms with Gasteiger partial charge in [0.15, 0.2) is 0 Å². The second kappa shape index (κ2) is 8.00. The molecule has 0 aliphatic heterocycles. The number of benzene rings is 2. The van der Waals surface area contributed by atoms with Gasteiger partial charge in [-0.05, 0) is 55.5 Å². The van der Waals surface area contributed by atoms with Crippen molar-refractivity contribution < 1.29 is 9.53 Å². The van der Waals surface area contributed by atoms with Crippen molar-refractivity contribution in [1.29, 1.82) is 0 Å². The Morgan fingerprint density at radius 3 is 2.42 bits per heavy atom. The zero-order valence-electron chi connectivity index (χ0n) is 14.8. The number of ether oxygens (including phenoxy) is 1. The van der Waals surface area contributed by atoms with E-state index in [1.54, 1.807) is 0 Å². The van der Waals surface area contributed by atoms with Crippen LogP contribution in [0.1, 0.15) is 39.2 Å². The second-order valence-electron chi connectivity index (χ2n) is 6.87. The van der Waals surface area contributed by atoms with Crippen molar-refractivity contribution in [1.82, 2.24) is 0 Å². The molecule has 0 heterocycles. The van der Waals surface area contributed by atoms with Crippen molar-refractivity contribution in [2.75, 3.05) is 12.3 Å². The van der Waals surface area contributed by atoms with Gasteiger partial charge in [0.05, 0.1) is 12.0 Å². The van der Waals surface area contributed by atoms with Crippen LogP contribution in [-0.2, 0) is 16.0 Å². The minimum absolute atomic E-state index is 0.129. The number of nitrogens with two attached hydrogens (primary N) is 1. The van der Waals surface area contributed by atoms with Crippen LogP contribution in [-0.4, -0.2) is 12.6 Å². The number of esters is 1. The van der Waals surface area contributed by atoms with Gasteiger partial charge in [-0.2, -0.15) is 0 Å². The topological polar surface area (TPSA) is 52.3 Å². The average Bonchev–Trinajstić information content (AvgIpc) is 2.55. The Labute approximate surface area is 144 Å². The van der Waals surface area contributed by atoms with E-state index in [-0.39, 0.29) is 5.97 Å². The van der Waals surface area contributed by atoms with Gasteiger partial charge in [0.25, 0.3) is 0 Å². The molecule has 2 rings (SSSR count). The standard InChI is InChI=1S/C21H27NO2/c1-4-5-13-24-20(23)21(2,3)15-16-9-11-17(12-10-16)18-7-6-8-19(22)14-18/h6-12,14H,4-5,13,15,22H2,1-3H3. The molecule has 128 valence electrons. The van der Waals surface area contributed by atoms with Gasteiger partial charge < -0.3 is 10.5 Å². The fourth-order valence-electron chi connectivity index (χ4n) is 2.62. The van der Waals surface area contributed by atoms with E-state index in [0.29, 0.717) is 13.0 Å². The summed E-state index contributed by atoms with van der Waals surface area (Å²) in [5.41, 5.74) is 9.42. The van der Waals surface area contributed by atoms with Crippen LogP contribution in [0.4, 0.5) is 5.69 Å². The Hall–Kier alpha value is -2.29. The van der Waals surface area contributed by atoms with Gasteiger partial charge in [-0.25, -0.2) is 0 Å². The molecule has 0 aromatic heterocycles. The lowest BCUT2D eigenvalue weighted by Crippen LogP contribution is -2.29. The lowest BCUT2D eigenvalue weighted by Gasteiger charge is -2.22. The first kappa shape index (κ1) is 18.1. The molecule has 0 spiro atoms. The zero-order chi connectivity index (χ0) is 17.6. The summed E-state index contributed by atoms with van der Waals surface area (Å²) in [4.78, 5) is 12.2. The highest BCUT2D eigenvalue weighted by Crippen LogP contribution is 2.26. The van der Waals surface area contributed by atoms with Crippen LogP contribution in [0.3, 0.4) is 0 Å². The Bertz CT molecular complexity index is 674. The minimum atomic E-state index is -0.521. The van der Waals surface area contributed by atoms with Gasteiger partial charge in [0.1, 0.15) is 0 Å². The van der Waals surface area contributed by atoms with E-state index in [9.17, 15) is 4.79 Å². The number of anilines is 1. The van der Waals surface area contributed by atoms with E-state index in [1.165, 1.54) is 0 Å². The number of unbranched alkanes of at least 4 members (excludes halogenated alkanes) is 1. The lowest BCUT2D eigenvalue weighted by atomic mass is 9.85. The van der Waals surface area contributed by atoms with Crippen LogP contribution in [0.2, 0.25) is 0 Å². The Morgan fingerprint density at radius 2 is 1.79 bits per heavy atom. The van der Waals surface area contributed by atoms with E-state index >= 15 is 0 Å². The highest BCUT2D eigenvalue weighted by molar-refractivity contribution is 5.76. The number of carbonyl (C=O) groups is 1. The van der Waals surface area contributed by atoms with E-state index in [2.05, 4.69) is 31.2 Å². The largest absolute Gasteiger partial charge is 0.465 e. The third-order valence-corrected chi connectivity index (χ3v) is 4.10. The molecule has 0 saturated heterocycles. The van der Waals surface area contributed by atoms with Crippen molar-refractivity contribution >= 4 is 11.7 Å². The zero-order valence-corrected chi connectivity index (χ0v) is 14.8. The molecule has 2 aromatic rings. The van der Waals surface area contributed by atoms with Gasteiger partial charge in [-0.1, -0.05) is 49.7 Å². The van der Waals surface area contributed by atoms with Crippen LogP contribution >= 0.6 is 0 Å². The molecule has 2 aromatic carbocycles. The fraction of sp³-hybridized carbons (Fsp3) is 0.381. The first-order valence-electron chi connectivity index (χ1n) is 8.54. The summed E-state index contributed by atoms with van der Waals surface area (Å²) in [6, 6.07) is 16.1. The number of rotatable bonds is 7. The van der Waals surface area contributed by atoms with E-state index < -0.39 is 5.41 Å². The molecular weight excluding hydrogens is 298 g/mol. The monoisotopic (exact) mass is 325 g/mol. The first-order valence-corrected chi connectivity index (χ1v) is 8.54. The molecule has 0 aliphatic rings. The van der Waals surface area contributed by atoms with Gasteiger partial charge in [0, 0.05) is 5.69 Å². The molecule has 0 fully saturated rings. The summed E-state index contributed by atoms with van der Waals surface area (Å²) in [6.07, 6.45) is 2.60. The maximum atomic E-state index is 12.2. The highest BCUT2D eigenvalue weighted by Gasteiger charge is 2.29. The Morgan fingerprint density at radius 1 is 1.08 bits per heavy atom. The van der Waals surface area contributed by atoms with Crippen molar-refractivity contribution in [2.45, 2.75) is 40.0 Å². The van der Waals surface area contributed by atoms with Gasteiger partial charge >= 0.3 is 5.97 Å². The molecule has 0 unspecified atom stereocenters. The van der Waals surface area contributed by atoms with Crippen LogP contribution in [0.5, 0.6) is 0 Å². The van der Waals surface area contributed by atoms with Crippen LogP contribution < -0.4 is 5.73 Å². The molecule has 0 atom stereocenters. The molecule has 3 heteroatoms. The first-order chi connectivity index (χ1) is 11.4. The van der Waals surface area contributed by atoms with E-state index in [4.69, 9.17) is 10.5 Å². The molecule has 0 radical (unpaired) electrons. The maximum absolute atomic E-state index is 12.2. The summed E-state index contributed by atoms with van der Waals surface area (Å²) in [7, 11) is 0.